The summed E-state index contributed by atoms with van der Waals surface area (Å²) in [6.07, 6.45) is 1.66. The van der Waals surface area contributed by atoms with E-state index in [0.717, 1.165) is 30.2 Å². The molecule has 6 heteroatoms. The van der Waals surface area contributed by atoms with Crippen LogP contribution in [0.15, 0.2) is 23.0 Å². The number of aromatic nitrogens is 1. The topological polar surface area (TPSA) is 54.0 Å². The van der Waals surface area contributed by atoms with Crippen LogP contribution in [-0.4, -0.2) is 30.5 Å². The molecule has 4 nitrogen and oxygen atoms in total. The molecule has 0 bridgehead atoms. The highest BCUT2D eigenvalue weighted by Crippen LogP contribution is 2.26. The average Bonchev–Trinajstić information content (AvgIpc) is 2.97. The Hall–Kier alpha value is -1.24. The van der Waals surface area contributed by atoms with Crippen LogP contribution in [-0.2, 0) is 0 Å². The van der Waals surface area contributed by atoms with Gasteiger partial charge in [-0.25, -0.2) is 4.98 Å². The Morgan fingerprint density at radius 2 is 2.44 bits per heavy atom. The van der Waals surface area contributed by atoms with Gasteiger partial charge in [-0.05, 0) is 11.4 Å². The fourth-order valence-electron chi connectivity index (χ4n) is 1.72. The predicted molar refractivity (Wildman–Crippen MR) is 74.1 cm³/mol. The van der Waals surface area contributed by atoms with Crippen LogP contribution in [0.2, 0.25) is 0 Å². The van der Waals surface area contributed by atoms with Gasteiger partial charge in [0.25, 0.3) is 5.91 Å². The van der Waals surface area contributed by atoms with Gasteiger partial charge < -0.3 is 10.6 Å². The van der Waals surface area contributed by atoms with Crippen molar-refractivity contribution in [2.45, 2.75) is 0 Å². The molecule has 0 spiro atoms. The van der Waals surface area contributed by atoms with E-state index in [1.807, 2.05) is 16.8 Å². The molecule has 18 heavy (non-hydrogen) atoms. The molecule has 0 radical (unpaired) electrons. The van der Waals surface area contributed by atoms with Gasteiger partial charge in [0, 0.05) is 36.5 Å². The summed E-state index contributed by atoms with van der Waals surface area (Å²) in [7, 11) is 0. The van der Waals surface area contributed by atoms with E-state index in [1.54, 1.807) is 17.5 Å². The Morgan fingerprint density at radius 1 is 1.56 bits per heavy atom. The third-order valence-corrected chi connectivity index (χ3v) is 4.64. The summed E-state index contributed by atoms with van der Waals surface area (Å²) >= 11 is 3.08. The molecule has 1 fully saturated rings. The van der Waals surface area contributed by atoms with Crippen molar-refractivity contribution in [2.24, 2.45) is 5.92 Å². The highest BCUT2D eigenvalue weighted by molar-refractivity contribution is 7.17. The minimum absolute atomic E-state index is 0.0131. The van der Waals surface area contributed by atoms with Gasteiger partial charge in [0.1, 0.15) is 9.88 Å². The number of carbonyl (C=O) groups is 1. The zero-order valence-electron chi connectivity index (χ0n) is 9.68. The van der Waals surface area contributed by atoms with Crippen LogP contribution in [0.5, 0.6) is 0 Å². The number of carbonyl (C=O) groups excluding carboxylic acids is 1. The molecule has 2 aromatic rings. The fourth-order valence-corrected chi connectivity index (χ4v) is 3.26. The van der Waals surface area contributed by atoms with Crippen molar-refractivity contribution in [3.8, 4) is 10.6 Å². The summed E-state index contributed by atoms with van der Waals surface area (Å²) in [5, 5.41) is 11.1. The summed E-state index contributed by atoms with van der Waals surface area (Å²) in [6, 6.07) is 2.02. The lowest BCUT2D eigenvalue weighted by Crippen LogP contribution is -2.48. The van der Waals surface area contributed by atoms with Gasteiger partial charge in [-0.2, -0.15) is 11.3 Å². The fraction of sp³-hybridized carbons (Fsp3) is 0.333. The van der Waals surface area contributed by atoms with Crippen LogP contribution < -0.4 is 10.6 Å². The Balaban J connectivity index is 1.63. The number of nitrogens with one attached hydrogen (secondary N) is 2. The lowest BCUT2D eigenvalue weighted by Gasteiger charge is -2.26. The monoisotopic (exact) mass is 279 g/mol. The van der Waals surface area contributed by atoms with Crippen LogP contribution >= 0.6 is 22.7 Å². The first-order valence-electron chi connectivity index (χ1n) is 5.80. The number of amides is 1. The van der Waals surface area contributed by atoms with Crippen LogP contribution in [0.1, 0.15) is 9.67 Å². The van der Waals surface area contributed by atoms with Gasteiger partial charge in [-0.15, -0.1) is 11.3 Å². The molecule has 0 unspecified atom stereocenters. The minimum atomic E-state index is -0.0131. The molecule has 0 aliphatic carbocycles. The maximum Gasteiger partial charge on any atom is 0.263 e. The Morgan fingerprint density at radius 3 is 3.11 bits per heavy atom. The number of nitrogens with zero attached hydrogens (tertiary/aromatic N) is 1. The van der Waals surface area contributed by atoms with Gasteiger partial charge in [0.2, 0.25) is 0 Å². The third kappa shape index (κ3) is 2.45. The minimum Gasteiger partial charge on any atom is -0.351 e. The smallest absolute Gasteiger partial charge is 0.263 e. The van der Waals surface area contributed by atoms with E-state index in [4.69, 9.17) is 0 Å². The maximum absolute atomic E-state index is 11.9. The Bertz CT molecular complexity index is 531. The van der Waals surface area contributed by atoms with Gasteiger partial charge in [-0.3, -0.25) is 4.79 Å². The average molecular weight is 279 g/mol. The zero-order valence-corrected chi connectivity index (χ0v) is 11.3. The lowest BCUT2D eigenvalue weighted by atomic mass is 10.0. The molecule has 2 N–H and O–H groups in total. The van der Waals surface area contributed by atoms with E-state index in [0.29, 0.717) is 10.8 Å². The summed E-state index contributed by atoms with van der Waals surface area (Å²) in [4.78, 5) is 16.9. The van der Waals surface area contributed by atoms with Crippen molar-refractivity contribution in [3.63, 3.8) is 0 Å². The van der Waals surface area contributed by atoms with E-state index in [2.05, 4.69) is 15.6 Å². The first-order valence-corrected chi connectivity index (χ1v) is 7.56. The van der Waals surface area contributed by atoms with Crippen molar-refractivity contribution in [2.75, 3.05) is 19.6 Å². The lowest BCUT2D eigenvalue weighted by molar-refractivity contribution is 0.0946. The zero-order chi connectivity index (χ0) is 12.4. The number of hydrogen-bond donors (Lipinski definition) is 2. The van der Waals surface area contributed by atoms with E-state index in [1.165, 1.54) is 11.3 Å². The molecule has 3 heterocycles. The second-order valence-electron chi connectivity index (χ2n) is 4.28. The molecule has 0 atom stereocenters. The number of hydrogen-bond acceptors (Lipinski definition) is 5. The van der Waals surface area contributed by atoms with Crippen molar-refractivity contribution in [1.29, 1.82) is 0 Å². The summed E-state index contributed by atoms with van der Waals surface area (Å²) < 4.78 is 0. The van der Waals surface area contributed by atoms with Gasteiger partial charge in [0.15, 0.2) is 0 Å². The Labute approximate surface area is 113 Å². The van der Waals surface area contributed by atoms with Crippen LogP contribution in [0.25, 0.3) is 10.6 Å². The first-order chi connectivity index (χ1) is 8.83. The van der Waals surface area contributed by atoms with E-state index >= 15 is 0 Å². The van der Waals surface area contributed by atoms with Crippen molar-refractivity contribution in [1.82, 2.24) is 15.6 Å². The van der Waals surface area contributed by atoms with Crippen molar-refractivity contribution in [3.05, 3.63) is 27.9 Å². The molecule has 0 saturated carbocycles. The first kappa shape index (κ1) is 11.8. The van der Waals surface area contributed by atoms with Crippen LogP contribution in [0, 0.1) is 5.92 Å². The molecular formula is C12H13N3OS2. The maximum atomic E-state index is 11.9. The molecule has 1 saturated heterocycles. The summed E-state index contributed by atoms with van der Waals surface area (Å²) in [6.45, 7) is 2.75. The number of rotatable bonds is 4. The quantitative estimate of drug-likeness (QED) is 0.897. The van der Waals surface area contributed by atoms with Gasteiger partial charge in [0.05, 0.1) is 6.20 Å². The van der Waals surface area contributed by atoms with Crippen LogP contribution in [0.4, 0.5) is 0 Å². The summed E-state index contributed by atoms with van der Waals surface area (Å²) in [5.74, 6) is 0.569. The standard InChI is InChI=1S/C12H13N3OS2/c16-11(14-5-8-3-13-4-8)10-6-15-12(18-10)9-1-2-17-7-9/h1-2,6-8,13H,3-5H2,(H,14,16). The SMILES string of the molecule is O=C(NCC1CNC1)c1cnc(-c2ccsc2)s1. The van der Waals surface area contributed by atoms with E-state index < -0.39 is 0 Å². The number of thiazole rings is 1. The van der Waals surface area contributed by atoms with Crippen molar-refractivity contribution >= 4 is 28.6 Å². The number of thiophene rings is 1. The highest BCUT2D eigenvalue weighted by atomic mass is 32.1. The Kier molecular flexibility index (Phi) is 3.40. The third-order valence-electron chi connectivity index (χ3n) is 2.91. The second-order valence-corrected chi connectivity index (χ2v) is 6.09. The van der Waals surface area contributed by atoms with Crippen molar-refractivity contribution < 1.29 is 4.79 Å². The molecule has 1 aliphatic heterocycles. The highest BCUT2D eigenvalue weighted by Gasteiger charge is 2.18. The van der Waals surface area contributed by atoms with E-state index in [9.17, 15) is 4.79 Å². The molecule has 3 rings (SSSR count). The molecule has 2 aromatic heterocycles. The predicted octanol–water partition coefficient (Wildman–Crippen LogP) is 1.82. The normalized spacial score (nSPS) is 15.3. The molecule has 1 amide bonds. The molecule has 0 aromatic carbocycles. The molecular weight excluding hydrogens is 266 g/mol. The second kappa shape index (κ2) is 5.17. The molecule has 94 valence electrons. The summed E-state index contributed by atoms with van der Waals surface area (Å²) in [5.41, 5.74) is 1.09. The van der Waals surface area contributed by atoms with Gasteiger partial charge >= 0.3 is 0 Å². The van der Waals surface area contributed by atoms with Gasteiger partial charge in [-0.1, -0.05) is 0 Å². The van der Waals surface area contributed by atoms with E-state index in [-0.39, 0.29) is 5.91 Å². The largest absolute Gasteiger partial charge is 0.351 e. The molecule has 1 aliphatic rings. The van der Waals surface area contributed by atoms with Crippen LogP contribution in [0.3, 0.4) is 0 Å².